The molecule has 0 radical (unpaired) electrons. The number of hydroxylamine groups is 2. The van der Waals surface area contributed by atoms with Crippen LogP contribution in [-0.4, -0.2) is 41.8 Å². The molecule has 0 aliphatic carbocycles. The molecule has 0 spiro atoms. The zero-order chi connectivity index (χ0) is 13.2. The fourth-order valence-electron chi connectivity index (χ4n) is 1.60. The molecular formula is C11H17NO5. The summed E-state index contributed by atoms with van der Waals surface area (Å²) >= 11 is 0. The van der Waals surface area contributed by atoms with Gasteiger partial charge in [0, 0.05) is 19.9 Å². The van der Waals surface area contributed by atoms with Gasteiger partial charge in [-0.25, -0.2) is 9.86 Å². The second-order valence-corrected chi connectivity index (χ2v) is 4.17. The van der Waals surface area contributed by atoms with Crippen molar-refractivity contribution in [1.82, 2.24) is 5.06 Å². The van der Waals surface area contributed by atoms with Gasteiger partial charge in [0.05, 0.1) is 12.7 Å². The fourth-order valence-corrected chi connectivity index (χ4v) is 1.60. The van der Waals surface area contributed by atoms with Crippen molar-refractivity contribution in [3.63, 3.8) is 0 Å². The molecule has 1 amide bonds. The van der Waals surface area contributed by atoms with Crippen molar-refractivity contribution in [2.75, 3.05) is 14.2 Å². The Morgan fingerprint density at radius 2 is 2.18 bits per heavy atom. The van der Waals surface area contributed by atoms with Crippen molar-refractivity contribution < 1.29 is 24.3 Å². The lowest BCUT2D eigenvalue weighted by atomic mass is 9.97. The van der Waals surface area contributed by atoms with Crippen LogP contribution < -0.4 is 0 Å². The molecule has 6 heteroatoms. The summed E-state index contributed by atoms with van der Waals surface area (Å²) in [6.45, 7) is 3.07. The third-order valence-corrected chi connectivity index (χ3v) is 2.92. The quantitative estimate of drug-likeness (QED) is 0.587. The molecule has 1 aliphatic rings. The minimum atomic E-state index is -1.11. The van der Waals surface area contributed by atoms with Crippen molar-refractivity contribution in [3.05, 3.63) is 11.3 Å². The smallest absolute Gasteiger partial charge is 0.338 e. The Hall–Kier alpha value is -1.56. The highest BCUT2D eigenvalue weighted by molar-refractivity contribution is 5.91. The van der Waals surface area contributed by atoms with Gasteiger partial charge in [0.25, 0.3) is 0 Å². The van der Waals surface area contributed by atoms with Crippen LogP contribution in [0.25, 0.3) is 0 Å². The molecule has 0 fully saturated rings. The number of aliphatic hydroxyl groups excluding tert-OH is 1. The highest BCUT2D eigenvalue weighted by Crippen LogP contribution is 2.34. The van der Waals surface area contributed by atoms with Crippen LogP contribution in [0.4, 0.5) is 0 Å². The van der Waals surface area contributed by atoms with Gasteiger partial charge in [-0.15, -0.1) is 0 Å². The molecule has 0 saturated heterocycles. The molecule has 1 N–H and O–H groups in total. The van der Waals surface area contributed by atoms with E-state index in [1.807, 2.05) is 0 Å². The largest absolute Gasteiger partial charge is 0.507 e. The maximum Gasteiger partial charge on any atom is 0.338 e. The van der Waals surface area contributed by atoms with Crippen LogP contribution in [-0.2, 0) is 19.2 Å². The maximum absolute atomic E-state index is 11.5. The fraction of sp³-hybridized carbons (Fsp3) is 0.636. The average Bonchev–Trinajstić information content (AvgIpc) is 2.50. The van der Waals surface area contributed by atoms with Crippen molar-refractivity contribution in [2.45, 2.75) is 32.3 Å². The molecule has 96 valence electrons. The average molecular weight is 243 g/mol. The minimum Gasteiger partial charge on any atom is -0.507 e. The number of hydrogen-bond donors (Lipinski definition) is 1. The van der Waals surface area contributed by atoms with E-state index in [0.29, 0.717) is 0 Å². The van der Waals surface area contributed by atoms with E-state index in [-0.39, 0.29) is 30.1 Å². The topological polar surface area (TPSA) is 76.1 Å². The van der Waals surface area contributed by atoms with Gasteiger partial charge in [-0.05, 0) is 13.8 Å². The first-order valence-corrected chi connectivity index (χ1v) is 5.26. The van der Waals surface area contributed by atoms with E-state index in [0.717, 1.165) is 5.06 Å². The zero-order valence-electron chi connectivity index (χ0n) is 10.4. The van der Waals surface area contributed by atoms with E-state index >= 15 is 0 Å². The molecule has 1 rings (SSSR count). The van der Waals surface area contributed by atoms with Gasteiger partial charge < -0.3 is 9.84 Å². The highest BCUT2D eigenvalue weighted by Gasteiger charge is 2.42. The zero-order valence-corrected chi connectivity index (χ0v) is 10.4. The highest BCUT2D eigenvalue weighted by atomic mass is 16.7. The van der Waals surface area contributed by atoms with Crippen molar-refractivity contribution in [3.8, 4) is 0 Å². The summed E-state index contributed by atoms with van der Waals surface area (Å²) in [5, 5.41) is 10.9. The number of carbonyl (C=O) groups is 2. The number of carbonyl (C=O) groups excluding carboxylic acids is 2. The van der Waals surface area contributed by atoms with E-state index in [4.69, 9.17) is 9.57 Å². The Labute approximate surface area is 99.8 Å². The number of aliphatic hydroxyl groups is 1. The number of hydrogen-bond acceptors (Lipinski definition) is 5. The number of rotatable bonds is 4. The van der Waals surface area contributed by atoms with Crippen LogP contribution in [0, 0.1) is 0 Å². The normalized spacial score (nSPS) is 23.9. The standard InChI is InChI=1S/C11H17NO5/c1-7-9(14)11(2,17-10(7)15)6-5-8(13)12(3)16-4/h14H,5-6H2,1-4H3/t11-/m0/s1. The van der Waals surface area contributed by atoms with Gasteiger partial charge in [-0.3, -0.25) is 9.63 Å². The number of amides is 1. The summed E-state index contributed by atoms with van der Waals surface area (Å²) in [6, 6.07) is 0. The summed E-state index contributed by atoms with van der Waals surface area (Å²) in [7, 11) is 2.88. The monoisotopic (exact) mass is 243 g/mol. The van der Waals surface area contributed by atoms with Crippen molar-refractivity contribution >= 4 is 11.9 Å². The van der Waals surface area contributed by atoms with E-state index in [1.165, 1.54) is 21.1 Å². The first-order chi connectivity index (χ1) is 7.81. The Morgan fingerprint density at radius 1 is 1.59 bits per heavy atom. The SMILES string of the molecule is CON(C)C(=O)CC[C@]1(C)OC(=O)C(C)=C1O. The van der Waals surface area contributed by atoms with Gasteiger partial charge in [0.15, 0.2) is 5.60 Å². The maximum atomic E-state index is 11.5. The third kappa shape index (κ3) is 2.58. The van der Waals surface area contributed by atoms with Crippen LogP contribution >= 0.6 is 0 Å². The van der Waals surface area contributed by atoms with Crippen molar-refractivity contribution in [2.24, 2.45) is 0 Å². The van der Waals surface area contributed by atoms with Crippen molar-refractivity contribution in [1.29, 1.82) is 0 Å². The Kier molecular flexibility index (Phi) is 3.77. The van der Waals surface area contributed by atoms with Crippen LogP contribution in [0.1, 0.15) is 26.7 Å². The molecule has 1 aliphatic heterocycles. The summed E-state index contributed by atoms with van der Waals surface area (Å²) in [5.41, 5.74) is -0.911. The molecule has 1 atom stereocenters. The van der Waals surface area contributed by atoms with Gasteiger partial charge in [0.1, 0.15) is 5.76 Å². The number of cyclic esters (lactones) is 1. The van der Waals surface area contributed by atoms with Gasteiger partial charge >= 0.3 is 5.97 Å². The lowest BCUT2D eigenvalue weighted by Gasteiger charge is -2.24. The Balaban J connectivity index is 2.65. The Morgan fingerprint density at radius 3 is 2.59 bits per heavy atom. The molecule has 0 unspecified atom stereocenters. The van der Waals surface area contributed by atoms with Crippen LogP contribution in [0.2, 0.25) is 0 Å². The van der Waals surface area contributed by atoms with Crippen LogP contribution in [0.5, 0.6) is 0 Å². The van der Waals surface area contributed by atoms with E-state index in [2.05, 4.69) is 0 Å². The molecule has 1 heterocycles. The Bertz CT molecular complexity index is 376. The summed E-state index contributed by atoms with van der Waals surface area (Å²) in [4.78, 5) is 27.5. The molecule has 0 saturated carbocycles. The molecule has 0 aromatic heterocycles. The molecule has 6 nitrogen and oxygen atoms in total. The molecular weight excluding hydrogens is 226 g/mol. The predicted octanol–water partition coefficient (Wildman–Crippen LogP) is 0.934. The first kappa shape index (κ1) is 13.5. The van der Waals surface area contributed by atoms with Gasteiger partial charge in [-0.2, -0.15) is 0 Å². The minimum absolute atomic E-state index is 0.102. The van der Waals surface area contributed by atoms with Crippen LogP contribution in [0.15, 0.2) is 11.3 Å². The summed E-state index contributed by atoms with van der Waals surface area (Å²) < 4.78 is 5.06. The lowest BCUT2D eigenvalue weighted by Crippen LogP contribution is -2.32. The van der Waals surface area contributed by atoms with E-state index in [1.54, 1.807) is 6.92 Å². The second kappa shape index (κ2) is 4.75. The molecule has 17 heavy (non-hydrogen) atoms. The molecule has 0 bridgehead atoms. The van der Waals surface area contributed by atoms with E-state index < -0.39 is 11.6 Å². The van der Waals surface area contributed by atoms with Gasteiger partial charge in [0.2, 0.25) is 5.91 Å². The molecule has 0 aromatic rings. The predicted molar refractivity (Wildman–Crippen MR) is 58.8 cm³/mol. The number of ether oxygens (including phenoxy) is 1. The number of esters is 1. The van der Waals surface area contributed by atoms with Crippen LogP contribution in [0.3, 0.4) is 0 Å². The third-order valence-electron chi connectivity index (χ3n) is 2.92. The number of nitrogens with zero attached hydrogens (tertiary/aromatic N) is 1. The first-order valence-electron chi connectivity index (χ1n) is 5.26. The summed E-state index contributed by atoms with van der Waals surface area (Å²) in [6.07, 6.45) is 0.333. The second-order valence-electron chi connectivity index (χ2n) is 4.17. The summed E-state index contributed by atoms with van der Waals surface area (Å²) in [5.74, 6) is -0.893. The molecule has 0 aromatic carbocycles. The van der Waals surface area contributed by atoms with E-state index in [9.17, 15) is 14.7 Å². The van der Waals surface area contributed by atoms with Gasteiger partial charge in [-0.1, -0.05) is 0 Å². The lowest BCUT2D eigenvalue weighted by molar-refractivity contribution is -0.170.